The third-order valence-electron chi connectivity index (χ3n) is 5.65. The number of aromatic nitrogens is 2. The molecule has 0 spiro atoms. The van der Waals surface area contributed by atoms with Gasteiger partial charge in [-0.15, -0.1) is 0 Å². The lowest BCUT2D eigenvalue weighted by molar-refractivity contribution is 0.0955. The van der Waals surface area contributed by atoms with E-state index in [1.807, 2.05) is 64.1 Å². The molecule has 5 nitrogen and oxygen atoms in total. The number of nitrogens with one attached hydrogen (secondary N) is 1. The maximum absolute atomic E-state index is 12.8. The fraction of sp³-hybridized carbons (Fsp3) is 0.154. The van der Waals surface area contributed by atoms with E-state index < -0.39 is 0 Å². The molecule has 7 heteroatoms. The zero-order valence-electron chi connectivity index (χ0n) is 18.9. The number of halogens is 2. The van der Waals surface area contributed by atoms with Crippen molar-refractivity contribution in [2.75, 3.05) is 0 Å². The van der Waals surface area contributed by atoms with E-state index >= 15 is 0 Å². The van der Waals surface area contributed by atoms with E-state index in [0.717, 1.165) is 44.2 Å². The molecule has 4 aromatic rings. The Bertz CT molecular complexity index is 1350. The first-order valence-electron chi connectivity index (χ1n) is 10.5. The van der Waals surface area contributed by atoms with Crippen LogP contribution in [0.3, 0.4) is 0 Å². The van der Waals surface area contributed by atoms with Gasteiger partial charge in [0.05, 0.1) is 16.8 Å². The number of carbonyl (C=O) groups is 1. The summed E-state index contributed by atoms with van der Waals surface area (Å²) in [6.45, 7) is 8.12. The van der Waals surface area contributed by atoms with Crippen LogP contribution in [0.2, 0.25) is 5.02 Å². The highest BCUT2D eigenvalue weighted by Crippen LogP contribution is 2.24. The number of carbonyl (C=O) groups excluding carboxylic acids is 1. The van der Waals surface area contributed by atoms with Crippen molar-refractivity contribution in [3.8, 4) is 11.4 Å². The van der Waals surface area contributed by atoms with Crippen molar-refractivity contribution in [3.63, 3.8) is 0 Å². The second kappa shape index (κ2) is 9.41. The highest BCUT2D eigenvalue weighted by atomic mass is 79.9. The van der Waals surface area contributed by atoms with Crippen LogP contribution in [-0.2, 0) is 0 Å². The number of benzene rings is 2. The van der Waals surface area contributed by atoms with Gasteiger partial charge in [-0.05, 0) is 88.4 Å². The minimum absolute atomic E-state index is 0.359. The van der Waals surface area contributed by atoms with Crippen molar-refractivity contribution >= 4 is 39.7 Å². The molecule has 0 radical (unpaired) electrons. The number of aryl methyl sites for hydroxylation is 3. The second-order valence-electron chi connectivity index (χ2n) is 7.95. The van der Waals surface area contributed by atoms with Crippen molar-refractivity contribution in [3.05, 3.63) is 104 Å². The summed E-state index contributed by atoms with van der Waals surface area (Å²) in [5, 5.41) is 4.58. The van der Waals surface area contributed by atoms with Crippen molar-refractivity contribution in [2.45, 2.75) is 27.7 Å². The zero-order valence-corrected chi connectivity index (χ0v) is 21.2. The quantitative estimate of drug-likeness (QED) is 0.230. The summed E-state index contributed by atoms with van der Waals surface area (Å²) in [4.78, 5) is 12.8. The smallest absolute Gasteiger partial charge is 0.272 e. The van der Waals surface area contributed by atoms with Crippen LogP contribution >= 0.6 is 27.5 Å². The summed E-state index contributed by atoms with van der Waals surface area (Å²) in [6.07, 6.45) is 1.66. The van der Waals surface area contributed by atoms with Crippen molar-refractivity contribution < 1.29 is 4.79 Å². The maximum Gasteiger partial charge on any atom is 0.272 e. The van der Waals surface area contributed by atoms with E-state index in [-0.39, 0.29) is 5.91 Å². The van der Waals surface area contributed by atoms with Crippen molar-refractivity contribution in [1.29, 1.82) is 0 Å². The fourth-order valence-electron chi connectivity index (χ4n) is 4.03. The van der Waals surface area contributed by atoms with Gasteiger partial charge >= 0.3 is 0 Å². The molecule has 1 amide bonds. The van der Waals surface area contributed by atoms with E-state index in [1.54, 1.807) is 18.3 Å². The summed E-state index contributed by atoms with van der Waals surface area (Å²) in [5.41, 5.74) is 10.1. The number of rotatable bonds is 5. The fourth-order valence-corrected chi connectivity index (χ4v) is 4.50. The van der Waals surface area contributed by atoms with E-state index in [9.17, 15) is 4.79 Å². The normalized spacial score (nSPS) is 11.3. The molecule has 0 aliphatic heterocycles. The molecular formula is C26H24BrClN4O. The first-order valence-corrected chi connectivity index (χ1v) is 11.7. The Balaban J connectivity index is 1.55. The monoisotopic (exact) mass is 522 g/mol. The lowest BCUT2D eigenvalue weighted by atomic mass is 10.2. The number of hydrogen-bond acceptors (Lipinski definition) is 2. The Kier molecular flexibility index (Phi) is 6.58. The standard InChI is InChI=1S/C26H24BrClN4O/c1-16-5-6-17(2)31(16)23-11-12-25(28)24(14-23)26(33)30-29-15-20-13-18(3)32(19(20)4)22-9-7-21(27)8-10-22/h5-15H,1-4H3,(H,30,33). The molecule has 33 heavy (non-hydrogen) atoms. The first-order chi connectivity index (χ1) is 15.8. The van der Waals surface area contributed by atoms with Crippen LogP contribution in [-0.4, -0.2) is 21.3 Å². The highest BCUT2D eigenvalue weighted by Gasteiger charge is 2.14. The molecule has 1 N–H and O–H groups in total. The average molecular weight is 524 g/mol. The summed E-state index contributed by atoms with van der Waals surface area (Å²) in [5.74, 6) is -0.359. The number of hydrazone groups is 1. The molecule has 0 saturated heterocycles. The van der Waals surface area contributed by atoms with Crippen molar-refractivity contribution in [1.82, 2.24) is 14.6 Å². The molecule has 0 aliphatic rings. The first kappa shape index (κ1) is 23.1. The Morgan fingerprint density at radius 1 is 0.879 bits per heavy atom. The van der Waals surface area contributed by atoms with E-state index in [1.165, 1.54) is 0 Å². The van der Waals surface area contributed by atoms with E-state index in [4.69, 9.17) is 11.6 Å². The molecule has 2 aromatic carbocycles. The molecule has 4 rings (SSSR count). The van der Waals surface area contributed by atoms with Gasteiger partial charge in [-0.2, -0.15) is 5.10 Å². The van der Waals surface area contributed by atoms with E-state index in [0.29, 0.717) is 10.6 Å². The Morgan fingerprint density at radius 2 is 1.52 bits per heavy atom. The number of hydrogen-bond donors (Lipinski definition) is 1. The van der Waals surface area contributed by atoms with Gasteiger partial charge in [0, 0.05) is 44.2 Å². The van der Waals surface area contributed by atoms with Gasteiger partial charge in [-0.3, -0.25) is 4.79 Å². The van der Waals surface area contributed by atoms with Gasteiger partial charge < -0.3 is 9.13 Å². The average Bonchev–Trinajstić information content (AvgIpc) is 3.26. The van der Waals surface area contributed by atoms with Crippen LogP contribution < -0.4 is 5.43 Å². The predicted molar refractivity (Wildman–Crippen MR) is 138 cm³/mol. The summed E-state index contributed by atoms with van der Waals surface area (Å²) in [7, 11) is 0. The number of amides is 1. The van der Waals surface area contributed by atoms with Crippen LogP contribution in [0.1, 0.15) is 38.7 Å². The topological polar surface area (TPSA) is 51.3 Å². The maximum atomic E-state index is 12.8. The third-order valence-corrected chi connectivity index (χ3v) is 6.51. The number of nitrogens with zero attached hydrogens (tertiary/aromatic N) is 3. The van der Waals surface area contributed by atoms with Gasteiger partial charge in [0.2, 0.25) is 0 Å². The van der Waals surface area contributed by atoms with Gasteiger partial charge in [0.25, 0.3) is 5.91 Å². The Morgan fingerprint density at radius 3 is 2.18 bits per heavy atom. The van der Waals surface area contributed by atoms with E-state index in [2.05, 4.69) is 47.7 Å². The van der Waals surface area contributed by atoms with Crippen LogP contribution in [0.5, 0.6) is 0 Å². The Labute approximate surface area is 206 Å². The van der Waals surface area contributed by atoms with Crippen LogP contribution in [0.4, 0.5) is 0 Å². The predicted octanol–water partition coefficient (Wildman–Crippen LogP) is 6.68. The molecule has 0 fully saturated rings. The molecule has 168 valence electrons. The highest BCUT2D eigenvalue weighted by molar-refractivity contribution is 9.10. The van der Waals surface area contributed by atoms with Gasteiger partial charge in [0.15, 0.2) is 0 Å². The lowest BCUT2D eigenvalue weighted by Gasteiger charge is -2.12. The van der Waals surface area contributed by atoms with Gasteiger partial charge in [-0.25, -0.2) is 5.43 Å². The molecule has 0 saturated carbocycles. The minimum Gasteiger partial charge on any atom is -0.318 e. The molecule has 2 aromatic heterocycles. The summed E-state index contributed by atoms with van der Waals surface area (Å²) < 4.78 is 5.26. The lowest BCUT2D eigenvalue weighted by Crippen LogP contribution is -2.18. The molecule has 2 heterocycles. The van der Waals surface area contributed by atoms with Gasteiger partial charge in [-0.1, -0.05) is 27.5 Å². The molecule has 0 bridgehead atoms. The molecule has 0 unspecified atom stereocenters. The summed E-state index contributed by atoms with van der Waals surface area (Å²) in [6, 6.07) is 19.7. The molecule has 0 atom stereocenters. The largest absolute Gasteiger partial charge is 0.318 e. The SMILES string of the molecule is Cc1ccc(C)n1-c1ccc(Cl)c(C(=O)NN=Cc2cc(C)n(-c3ccc(Br)cc3)c2C)c1. The van der Waals surface area contributed by atoms with Crippen LogP contribution in [0.25, 0.3) is 11.4 Å². The zero-order chi connectivity index (χ0) is 23.7. The third kappa shape index (κ3) is 4.68. The Hall–Kier alpha value is -3.09. The van der Waals surface area contributed by atoms with Crippen LogP contribution in [0, 0.1) is 27.7 Å². The molecule has 0 aliphatic carbocycles. The van der Waals surface area contributed by atoms with Gasteiger partial charge in [0.1, 0.15) is 0 Å². The van der Waals surface area contributed by atoms with Crippen molar-refractivity contribution in [2.24, 2.45) is 5.10 Å². The second-order valence-corrected chi connectivity index (χ2v) is 9.28. The van der Waals surface area contributed by atoms with Crippen LogP contribution in [0.15, 0.2) is 70.2 Å². The summed E-state index contributed by atoms with van der Waals surface area (Å²) >= 11 is 9.80. The molecular weight excluding hydrogens is 500 g/mol. The minimum atomic E-state index is -0.359.